The monoisotopic (exact) mass is 476 g/mol. The van der Waals surface area contributed by atoms with Crippen molar-refractivity contribution in [2.45, 2.75) is 31.2 Å². The molecule has 32 heavy (non-hydrogen) atoms. The van der Waals surface area contributed by atoms with Gasteiger partial charge in [-0.05, 0) is 62.5 Å². The molecule has 1 unspecified atom stereocenters. The van der Waals surface area contributed by atoms with Gasteiger partial charge in [0.2, 0.25) is 5.91 Å². The molecule has 2 aliphatic rings. The first-order valence-electron chi connectivity index (χ1n) is 10.8. The lowest BCUT2D eigenvalue weighted by Crippen LogP contribution is -2.44. The molecule has 170 valence electrons. The van der Waals surface area contributed by atoms with Crippen molar-refractivity contribution in [3.63, 3.8) is 0 Å². The topological polar surface area (TPSA) is 85.5 Å². The Kier molecular flexibility index (Phi) is 7.18. The van der Waals surface area contributed by atoms with Crippen molar-refractivity contribution < 1.29 is 9.59 Å². The molecule has 2 N–H and O–H groups in total. The first-order chi connectivity index (χ1) is 15.4. The van der Waals surface area contributed by atoms with Crippen molar-refractivity contribution in [1.82, 2.24) is 20.1 Å². The second-order valence-corrected chi connectivity index (χ2v) is 9.17. The number of benzene rings is 1. The van der Waals surface area contributed by atoms with Crippen molar-refractivity contribution in [3.8, 4) is 0 Å². The number of carbonyl (C=O) groups excluding carboxylic acids is 2. The Morgan fingerprint density at radius 3 is 2.56 bits per heavy atom. The number of pyridine rings is 1. The van der Waals surface area contributed by atoms with Crippen LogP contribution in [0.25, 0.3) is 0 Å². The highest BCUT2D eigenvalue weighted by Gasteiger charge is 2.33. The summed E-state index contributed by atoms with van der Waals surface area (Å²) in [4.78, 5) is 44.0. The maximum Gasteiger partial charge on any atom is 0.251 e. The van der Waals surface area contributed by atoms with Gasteiger partial charge in [-0.1, -0.05) is 29.3 Å². The summed E-state index contributed by atoms with van der Waals surface area (Å²) < 4.78 is 0. The van der Waals surface area contributed by atoms with E-state index in [4.69, 9.17) is 23.2 Å². The minimum Gasteiger partial charge on any atom is -0.343 e. The van der Waals surface area contributed by atoms with Gasteiger partial charge >= 0.3 is 0 Å². The molecule has 3 heterocycles. The summed E-state index contributed by atoms with van der Waals surface area (Å²) in [6, 6.07) is 8.74. The number of hydrogen-bond acceptors (Lipinski definition) is 4. The van der Waals surface area contributed by atoms with Crippen LogP contribution in [0, 0.1) is 0 Å². The number of amides is 2. The summed E-state index contributed by atoms with van der Waals surface area (Å²) in [5.74, 6) is -0.163. The molecule has 1 aromatic carbocycles. The Bertz CT molecular complexity index is 1050. The van der Waals surface area contributed by atoms with E-state index in [1.165, 1.54) is 6.07 Å². The van der Waals surface area contributed by atoms with E-state index in [9.17, 15) is 14.4 Å². The standard InChI is InChI=1S/C23H26Cl2N4O3/c24-19-4-3-16(12-20(19)25)22(31)27-13-21(30)29-11-7-17(14-29)28-9-5-15(6-10-28)18-2-1-8-26-23(18)32/h1-4,8,12,15,17H,5-7,9-11,13-14H2,(H,26,32)(H,27,31). The number of hydrogen-bond donors (Lipinski definition) is 2. The van der Waals surface area contributed by atoms with E-state index in [0.717, 1.165) is 37.9 Å². The van der Waals surface area contributed by atoms with E-state index < -0.39 is 0 Å². The number of piperidine rings is 1. The summed E-state index contributed by atoms with van der Waals surface area (Å²) in [5.41, 5.74) is 1.24. The molecule has 2 aliphatic heterocycles. The molecule has 2 saturated heterocycles. The van der Waals surface area contributed by atoms with Crippen LogP contribution >= 0.6 is 23.2 Å². The van der Waals surface area contributed by atoms with E-state index in [1.807, 2.05) is 17.0 Å². The second-order valence-electron chi connectivity index (χ2n) is 8.36. The lowest BCUT2D eigenvalue weighted by molar-refractivity contribution is -0.129. The van der Waals surface area contributed by atoms with Gasteiger partial charge in [-0.15, -0.1) is 0 Å². The highest BCUT2D eigenvalue weighted by Crippen LogP contribution is 2.28. The molecule has 2 amide bonds. The van der Waals surface area contributed by atoms with Crippen LogP contribution < -0.4 is 10.9 Å². The number of H-pyrrole nitrogens is 1. The van der Waals surface area contributed by atoms with E-state index in [1.54, 1.807) is 18.3 Å². The molecule has 0 spiro atoms. The predicted octanol–water partition coefficient (Wildman–Crippen LogP) is 2.89. The van der Waals surface area contributed by atoms with Crippen molar-refractivity contribution in [3.05, 3.63) is 68.1 Å². The maximum absolute atomic E-state index is 12.6. The smallest absolute Gasteiger partial charge is 0.251 e. The molecule has 0 aliphatic carbocycles. The number of aromatic nitrogens is 1. The molecule has 0 radical (unpaired) electrons. The van der Waals surface area contributed by atoms with Crippen LogP contribution in [0.15, 0.2) is 41.3 Å². The lowest BCUT2D eigenvalue weighted by Gasteiger charge is -2.35. The average Bonchev–Trinajstić information content (AvgIpc) is 3.30. The number of carbonyl (C=O) groups is 2. The molecular weight excluding hydrogens is 451 g/mol. The zero-order valence-electron chi connectivity index (χ0n) is 17.7. The van der Waals surface area contributed by atoms with Gasteiger partial charge in [0.25, 0.3) is 11.5 Å². The molecular formula is C23H26Cl2N4O3. The van der Waals surface area contributed by atoms with Gasteiger partial charge in [0.05, 0.1) is 16.6 Å². The third kappa shape index (κ3) is 5.17. The summed E-state index contributed by atoms with van der Waals surface area (Å²) in [7, 11) is 0. The largest absolute Gasteiger partial charge is 0.343 e. The highest BCUT2D eigenvalue weighted by molar-refractivity contribution is 6.42. The number of rotatable bonds is 5. The zero-order chi connectivity index (χ0) is 22.7. The van der Waals surface area contributed by atoms with Crippen LogP contribution in [0.4, 0.5) is 0 Å². The first-order valence-corrected chi connectivity index (χ1v) is 11.6. The minimum absolute atomic E-state index is 0.00602. The van der Waals surface area contributed by atoms with Crippen molar-refractivity contribution in [2.24, 2.45) is 0 Å². The quantitative estimate of drug-likeness (QED) is 0.694. The molecule has 2 fully saturated rings. The Morgan fingerprint density at radius 2 is 1.84 bits per heavy atom. The Morgan fingerprint density at radius 1 is 1.06 bits per heavy atom. The fourth-order valence-corrected chi connectivity index (χ4v) is 4.90. The number of likely N-dealkylation sites (tertiary alicyclic amines) is 2. The summed E-state index contributed by atoms with van der Waals surface area (Å²) in [6.07, 6.45) is 4.47. The van der Waals surface area contributed by atoms with Crippen LogP contribution in [0.3, 0.4) is 0 Å². The molecule has 4 rings (SSSR count). The van der Waals surface area contributed by atoms with Gasteiger partial charge in [0.15, 0.2) is 0 Å². The molecule has 2 aromatic rings. The number of nitrogens with one attached hydrogen (secondary N) is 2. The van der Waals surface area contributed by atoms with E-state index in [-0.39, 0.29) is 29.8 Å². The van der Waals surface area contributed by atoms with E-state index >= 15 is 0 Å². The molecule has 9 heteroatoms. The predicted molar refractivity (Wildman–Crippen MR) is 124 cm³/mol. The highest BCUT2D eigenvalue weighted by atomic mass is 35.5. The lowest BCUT2D eigenvalue weighted by atomic mass is 9.89. The van der Waals surface area contributed by atoms with Gasteiger partial charge in [0.1, 0.15) is 0 Å². The summed E-state index contributed by atoms with van der Waals surface area (Å²) in [5, 5.41) is 3.34. The molecule has 7 nitrogen and oxygen atoms in total. The molecule has 0 bridgehead atoms. The van der Waals surface area contributed by atoms with Gasteiger partial charge in [-0.3, -0.25) is 19.3 Å². The van der Waals surface area contributed by atoms with Gasteiger partial charge < -0.3 is 15.2 Å². The van der Waals surface area contributed by atoms with Crippen molar-refractivity contribution in [2.75, 3.05) is 32.7 Å². The van der Waals surface area contributed by atoms with E-state index in [0.29, 0.717) is 34.7 Å². The van der Waals surface area contributed by atoms with Crippen LogP contribution in [0.2, 0.25) is 10.0 Å². The average molecular weight is 477 g/mol. The minimum atomic E-state index is -0.356. The number of nitrogens with zero attached hydrogens (tertiary/aromatic N) is 2. The van der Waals surface area contributed by atoms with Crippen molar-refractivity contribution >= 4 is 35.0 Å². The van der Waals surface area contributed by atoms with E-state index in [2.05, 4.69) is 15.2 Å². The zero-order valence-corrected chi connectivity index (χ0v) is 19.2. The first kappa shape index (κ1) is 22.8. The Balaban J connectivity index is 1.24. The third-order valence-electron chi connectivity index (χ3n) is 6.43. The molecule has 0 saturated carbocycles. The molecule has 1 aromatic heterocycles. The van der Waals surface area contributed by atoms with Gasteiger partial charge in [0, 0.05) is 36.5 Å². The normalized spacial score (nSPS) is 19.8. The Labute approximate surface area is 196 Å². The van der Waals surface area contributed by atoms with Crippen molar-refractivity contribution in [1.29, 1.82) is 0 Å². The summed E-state index contributed by atoms with van der Waals surface area (Å²) in [6.45, 7) is 3.13. The van der Waals surface area contributed by atoms with Crippen LogP contribution in [0.1, 0.15) is 41.1 Å². The SMILES string of the molecule is O=C(NCC(=O)N1CCC(N2CCC(c3ccc[nH]c3=O)CC2)C1)c1ccc(Cl)c(Cl)c1. The second kappa shape index (κ2) is 10.1. The fourth-order valence-electron chi connectivity index (χ4n) is 4.61. The van der Waals surface area contributed by atoms with Gasteiger partial charge in [-0.2, -0.15) is 0 Å². The van der Waals surface area contributed by atoms with Crippen LogP contribution in [0.5, 0.6) is 0 Å². The van der Waals surface area contributed by atoms with Crippen LogP contribution in [-0.4, -0.2) is 65.4 Å². The fraction of sp³-hybridized carbons (Fsp3) is 0.435. The number of aromatic amines is 1. The van der Waals surface area contributed by atoms with Crippen LogP contribution in [-0.2, 0) is 4.79 Å². The van der Waals surface area contributed by atoms with Gasteiger partial charge in [-0.25, -0.2) is 0 Å². The Hall–Kier alpha value is -2.35. The maximum atomic E-state index is 12.6. The summed E-state index contributed by atoms with van der Waals surface area (Å²) >= 11 is 11.8. The number of halogens is 2. The third-order valence-corrected chi connectivity index (χ3v) is 7.17. The molecule has 1 atom stereocenters.